The van der Waals surface area contributed by atoms with Gasteiger partial charge in [0.05, 0.1) is 11.8 Å². The van der Waals surface area contributed by atoms with Crippen LogP contribution in [0.1, 0.15) is 16.1 Å². The fourth-order valence-corrected chi connectivity index (χ4v) is 1.78. The highest BCUT2D eigenvalue weighted by Crippen LogP contribution is 2.18. The Morgan fingerprint density at radius 2 is 2.28 bits per heavy atom. The van der Waals surface area contributed by atoms with Crippen molar-refractivity contribution in [3.63, 3.8) is 0 Å². The normalized spacial score (nSPS) is 10.3. The van der Waals surface area contributed by atoms with Crippen LogP contribution in [0.2, 0.25) is 5.22 Å². The van der Waals surface area contributed by atoms with Crippen LogP contribution >= 0.6 is 11.6 Å². The molecule has 0 spiro atoms. The average molecular weight is 265 g/mol. The number of hydrogen-bond donors (Lipinski definition) is 0. The van der Waals surface area contributed by atoms with E-state index in [1.54, 1.807) is 24.2 Å². The lowest BCUT2D eigenvalue weighted by Crippen LogP contribution is -2.28. The van der Waals surface area contributed by atoms with Crippen LogP contribution in [0.5, 0.6) is 0 Å². The number of pyridine rings is 1. The number of amides is 1. The minimum Gasteiger partial charge on any atom is -0.452 e. The number of aromatic nitrogens is 1. The van der Waals surface area contributed by atoms with Gasteiger partial charge in [0.25, 0.3) is 5.91 Å². The molecule has 18 heavy (non-hydrogen) atoms. The van der Waals surface area contributed by atoms with E-state index in [1.807, 2.05) is 18.2 Å². The standard InChI is InChI=1S/C13H13ClN2O2/c1-16(8-5-10-4-2-3-7-15-10)13(17)11-6-9-18-12(11)14/h2-4,6-7,9H,5,8H2,1H3. The molecule has 2 aromatic heterocycles. The molecule has 0 unspecified atom stereocenters. The molecule has 0 radical (unpaired) electrons. The molecule has 0 saturated heterocycles. The zero-order valence-electron chi connectivity index (χ0n) is 9.97. The van der Waals surface area contributed by atoms with Crippen LogP contribution in [0, 0.1) is 0 Å². The first kappa shape index (κ1) is 12.6. The molecule has 2 rings (SSSR count). The Labute approximate surface area is 110 Å². The summed E-state index contributed by atoms with van der Waals surface area (Å²) >= 11 is 5.77. The van der Waals surface area contributed by atoms with E-state index in [9.17, 15) is 4.79 Å². The molecule has 5 heteroatoms. The Morgan fingerprint density at radius 3 is 2.89 bits per heavy atom. The Morgan fingerprint density at radius 1 is 1.44 bits per heavy atom. The summed E-state index contributed by atoms with van der Waals surface area (Å²) in [7, 11) is 1.73. The third kappa shape index (κ3) is 2.90. The van der Waals surface area contributed by atoms with Crippen LogP contribution in [-0.4, -0.2) is 29.4 Å². The van der Waals surface area contributed by atoms with E-state index in [0.29, 0.717) is 18.5 Å². The van der Waals surface area contributed by atoms with Gasteiger partial charge in [-0.3, -0.25) is 9.78 Å². The molecule has 94 valence electrons. The van der Waals surface area contributed by atoms with Crippen molar-refractivity contribution in [3.8, 4) is 0 Å². The quantitative estimate of drug-likeness (QED) is 0.853. The van der Waals surface area contributed by atoms with Gasteiger partial charge in [-0.1, -0.05) is 6.07 Å². The number of carbonyl (C=O) groups excluding carboxylic acids is 1. The minimum absolute atomic E-state index is 0.129. The van der Waals surface area contributed by atoms with Crippen LogP contribution in [0.3, 0.4) is 0 Å². The number of halogens is 1. The smallest absolute Gasteiger partial charge is 0.258 e. The van der Waals surface area contributed by atoms with Gasteiger partial charge in [0.1, 0.15) is 0 Å². The molecule has 0 aromatic carbocycles. The summed E-state index contributed by atoms with van der Waals surface area (Å²) in [5.74, 6) is -0.148. The first-order valence-electron chi connectivity index (χ1n) is 5.57. The van der Waals surface area contributed by atoms with E-state index in [4.69, 9.17) is 16.0 Å². The lowest BCUT2D eigenvalue weighted by Gasteiger charge is -2.16. The molecular weight excluding hydrogens is 252 g/mol. The van der Waals surface area contributed by atoms with Gasteiger partial charge in [0.2, 0.25) is 5.22 Å². The zero-order valence-corrected chi connectivity index (χ0v) is 10.7. The van der Waals surface area contributed by atoms with Crippen molar-refractivity contribution in [3.05, 3.63) is 53.2 Å². The van der Waals surface area contributed by atoms with E-state index in [2.05, 4.69) is 4.98 Å². The van der Waals surface area contributed by atoms with Crippen LogP contribution in [-0.2, 0) is 6.42 Å². The fraction of sp³-hybridized carbons (Fsp3) is 0.231. The summed E-state index contributed by atoms with van der Waals surface area (Å²) in [4.78, 5) is 17.8. The molecule has 0 bridgehead atoms. The number of likely N-dealkylation sites (N-methyl/N-ethyl adjacent to an activating group) is 1. The van der Waals surface area contributed by atoms with Gasteiger partial charge in [-0.15, -0.1) is 0 Å². The maximum Gasteiger partial charge on any atom is 0.258 e. The molecule has 4 nitrogen and oxygen atoms in total. The summed E-state index contributed by atoms with van der Waals surface area (Å²) in [6, 6.07) is 7.30. The van der Waals surface area contributed by atoms with Crippen LogP contribution in [0.15, 0.2) is 41.1 Å². The van der Waals surface area contributed by atoms with Crippen molar-refractivity contribution in [1.82, 2.24) is 9.88 Å². The molecule has 0 aliphatic carbocycles. The SMILES string of the molecule is CN(CCc1ccccn1)C(=O)c1ccoc1Cl. The van der Waals surface area contributed by atoms with Gasteiger partial charge in [-0.2, -0.15) is 0 Å². The first-order valence-corrected chi connectivity index (χ1v) is 5.94. The second kappa shape index (κ2) is 5.69. The van der Waals surface area contributed by atoms with Crippen LogP contribution < -0.4 is 0 Å². The van der Waals surface area contributed by atoms with Crippen molar-refractivity contribution >= 4 is 17.5 Å². The van der Waals surface area contributed by atoms with Gasteiger partial charge >= 0.3 is 0 Å². The fourth-order valence-electron chi connectivity index (χ4n) is 1.58. The highest BCUT2D eigenvalue weighted by atomic mass is 35.5. The van der Waals surface area contributed by atoms with Crippen molar-refractivity contribution in [2.75, 3.05) is 13.6 Å². The summed E-state index contributed by atoms with van der Waals surface area (Å²) in [5, 5.41) is 0.129. The Bertz CT molecular complexity index is 525. The molecule has 0 aliphatic rings. The molecule has 0 aliphatic heterocycles. The maximum atomic E-state index is 12.0. The highest BCUT2D eigenvalue weighted by Gasteiger charge is 2.17. The molecule has 0 fully saturated rings. The molecule has 1 amide bonds. The van der Waals surface area contributed by atoms with Crippen molar-refractivity contribution in [2.24, 2.45) is 0 Å². The van der Waals surface area contributed by atoms with Gasteiger partial charge in [-0.05, 0) is 29.8 Å². The van der Waals surface area contributed by atoms with Crippen molar-refractivity contribution < 1.29 is 9.21 Å². The third-order valence-corrected chi connectivity index (χ3v) is 2.92. The van der Waals surface area contributed by atoms with E-state index in [0.717, 1.165) is 5.69 Å². The number of hydrogen-bond acceptors (Lipinski definition) is 3. The molecule has 0 saturated carbocycles. The predicted molar refractivity (Wildman–Crippen MR) is 68.6 cm³/mol. The lowest BCUT2D eigenvalue weighted by atomic mass is 10.2. The predicted octanol–water partition coefficient (Wildman–Crippen LogP) is 2.64. The maximum absolute atomic E-state index is 12.0. The Balaban J connectivity index is 1.95. The van der Waals surface area contributed by atoms with E-state index >= 15 is 0 Å². The average Bonchev–Trinajstić information content (AvgIpc) is 2.82. The van der Waals surface area contributed by atoms with Gasteiger partial charge in [0.15, 0.2) is 0 Å². The monoisotopic (exact) mass is 264 g/mol. The Kier molecular flexibility index (Phi) is 3.99. The number of nitrogens with zero attached hydrogens (tertiary/aromatic N) is 2. The van der Waals surface area contributed by atoms with E-state index in [-0.39, 0.29) is 11.1 Å². The molecule has 2 aromatic rings. The Hall–Kier alpha value is -1.81. The molecule has 0 N–H and O–H groups in total. The second-order valence-corrected chi connectivity index (χ2v) is 4.25. The summed E-state index contributed by atoms with van der Waals surface area (Å²) in [5.41, 5.74) is 1.34. The van der Waals surface area contributed by atoms with Crippen LogP contribution in [0.25, 0.3) is 0 Å². The van der Waals surface area contributed by atoms with Crippen molar-refractivity contribution in [1.29, 1.82) is 0 Å². The van der Waals surface area contributed by atoms with Crippen molar-refractivity contribution in [2.45, 2.75) is 6.42 Å². The van der Waals surface area contributed by atoms with Gasteiger partial charge in [0, 0.05) is 31.9 Å². The highest BCUT2D eigenvalue weighted by molar-refractivity contribution is 6.32. The zero-order chi connectivity index (χ0) is 13.0. The molecule has 0 atom stereocenters. The minimum atomic E-state index is -0.148. The van der Waals surface area contributed by atoms with Crippen LogP contribution in [0.4, 0.5) is 0 Å². The summed E-state index contributed by atoms with van der Waals surface area (Å²) in [6.07, 6.45) is 3.85. The third-order valence-electron chi connectivity index (χ3n) is 2.62. The number of furan rings is 1. The number of carbonyl (C=O) groups is 1. The second-order valence-electron chi connectivity index (χ2n) is 3.91. The van der Waals surface area contributed by atoms with Gasteiger partial charge in [-0.25, -0.2) is 0 Å². The van der Waals surface area contributed by atoms with Gasteiger partial charge < -0.3 is 9.32 Å². The van der Waals surface area contributed by atoms with E-state index in [1.165, 1.54) is 6.26 Å². The molecule has 2 heterocycles. The van der Waals surface area contributed by atoms with E-state index < -0.39 is 0 Å². The largest absolute Gasteiger partial charge is 0.452 e. The topological polar surface area (TPSA) is 46.3 Å². The number of rotatable bonds is 4. The lowest BCUT2D eigenvalue weighted by molar-refractivity contribution is 0.0796. The molecular formula is C13H13ClN2O2. The summed E-state index contributed by atoms with van der Waals surface area (Å²) in [6.45, 7) is 0.581. The first-order chi connectivity index (χ1) is 8.68. The summed E-state index contributed by atoms with van der Waals surface area (Å²) < 4.78 is 4.90.